The Balaban J connectivity index is 2.22. The first kappa shape index (κ1) is 12.4. The highest BCUT2D eigenvalue weighted by Gasteiger charge is 2.12. The number of hydrogen-bond acceptors (Lipinski definition) is 3. The third kappa shape index (κ3) is 3.00. The zero-order chi connectivity index (χ0) is 13.0. The van der Waals surface area contributed by atoms with Gasteiger partial charge in [0.15, 0.2) is 0 Å². The van der Waals surface area contributed by atoms with E-state index >= 15 is 0 Å². The second-order valence-corrected chi connectivity index (χ2v) is 4.44. The largest absolute Gasteiger partial charge is 0.508 e. The molecule has 0 spiro atoms. The number of benzene rings is 1. The fourth-order valence-electron chi connectivity index (χ4n) is 2.04. The van der Waals surface area contributed by atoms with Crippen LogP contribution in [-0.4, -0.2) is 17.4 Å². The lowest BCUT2D eigenvalue weighted by Crippen LogP contribution is -2.25. The molecule has 1 aliphatic rings. The summed E-state index contributed by atoms with van der Waals surface area (Å²) < 4.78 is 0. The van der Waals surface area contributed by atoms with E-state index in [1.807, 2.05) is 18.2 Å². The molecule has 1 aliphatic heterocycles. The normalized spacial score (nSPS) is 17.6. The van der Waals surface area contributed by atoms with E-state index in [1.54, 1.807) is 12.1 Å². The second kappa shape index (κ2) is 5.54. The predicted octanol–water partition coefficient (Wildman–Crippen LogP) is 2.41. The molecule has 0 bridgehead atoms. The van der Waals surface area contributed by atoms with Crippen LogP contribution in [0.4, 0.5) is 0 Å². The molecule has 18 heavy (non-hydrogen) atoms. The molecule has 2 rings (SSSR count). The number of Topliss-reactive ketones (excluding diaryl/α,β-unsaturated/α-hetero) is 1. The minimum Gasteiger partial charge on any atom is -0.508 e. The zero-order valence-corrected chi connectivity index (χ0v) is 10.3. The molecule has 0 aromatic heterocycles. The van der Waals surface area contributed by atoms with Gasteiger partial charge in [0, 0.05) is 25.1 Å². The minimum absolute atomic E-state index is 0.269. The Morgan fingerprint density at radius 3 is 3.00 bits per heavy atom. The maximum atomic E-state index is 11.4. The van der Waals surface area contributed by atoms with Crippen molar-refractivity contribution >= 4 is 11.9 Å². The summed E-state index contributed by atoms with van der Waals surface area (Å²) in [6.07, 6.45) is 5.43. The molecule has 3 heteroatoms. The number of carbonyl (C=O) groups excluding carboxylic acids is 1. The van der Waals surface area contributed by atoms with Gasteiger partial charge in [-0.15, -0.1) is 6.58 Å². The first-order chi connectivity index (χ1) is 8.69. The molecule has 0 aliphatic carbocycles. The van der Waals surface area contributed by atoms with E-state index in [4.69, 9.17) is 0 Å². The van der Waals surface area contributed by atoms with Crippen LogP contribution in [0.3, 0.4) is 0 Å². The van der Waals surface area contributed by atoms with Gasteiger partial charge < -0.3 is 10.4 Å². The molecule has 0 saturated carbocycles. The van der Waals surface area contributed by atoms with Crippen LogP contribution < -0.4 is 5.32 Å². The summed E-state index contributed by atoms with van der Waals surface area (Å²) >= 11 is 0. The van der Waals surface area contributed by atoms with Gasteiger partial charge in [-0.25, -0.2) is 0 Å². The number of piperidine rings is 1. The molecule has 0 amide bonds. The van der Waals surface area contributed by atoms with Crippen LogP contribution >= 0.6 is 0 Å². The van der Waals surface area contributed by atoms with Gasteiger partial charge in [0.05, 0.1) is 0 Å². The van der Waals surface area contributed by atoms with Crippen molar-refractivity contribution in [2.24, 2.45) is 0 Å². The van der Waals surface area contributed by atoms with E-state index in [0.717, 1.165) is 16.8 Å². The Morgan fingerprint density at radius 1 is 1.44 bits per heavy atom. The van der Waals surface area contributed by atoms with Crippen molar-refractivity contribution in [1.82, 2.24) is 5.32 Å². The van der Waals surface area contributed by atoms with Crippen LogP contribution in [0.15, 0.2) is 36.6 Å². The summed E-state index contributed by atoms with van der Waals surface area (Å²) in [6.45, 7) is 4.38. The van der Waals surface area contributed by atoms with Crippen LogP contribution in [0.25, 0.3) is 6.08 Å². The maximum Gasteiger partial charge on any atom is 0.140 e. The summed E-state index contributed by atoms with van der Waals surface area (Å²) in [5.74, 6) is 0.551. The highest BCUT2D eigenvalue weighted by molar-refractivity contribution is 5.83. The van der Waals surface area contributed by atoms with Gasteiger partial charge in [0.1, 0.15) is 11.5 Å². The van der Waals surface area contributed by atoms with Crippen molar-refractivity contribution in [2.45, 2.75) is 19.3 Å². The fourth-order valence-corrected chi connectivity index (χ4v) is 2.04. The first-order valence-corrected chi connectivity index (χ1v) is 6.08. The summed E-state index contributed by atoms with van der Waals surface area (Å²) in [5.41, 5.74) is 2.78. The van der Waals surface area contributed by atoms with Gasteiger partial charge in [-0.05, 0) is 35.8 Å². The van der Waals surface area contributed by atoms with E-state index in [-0.39, 0.29) is 11.5 Å². The molecule has 0 atom stereocenters. The smallest absolute Gasteiger partial charge is 0.140 e. The summed E-state index contributed by atoms with van der Waals surface area (Å²) in [6, 6.07) is 5.44. The lowest BCUT2D eigenvalue weighted by Gasteiger charge is -2.16. The maximum absolute atomic E-state index is 11.4. The van der Waals surface area contributed by atoms with Crippen LogP contribution in [0, 0.1) is 0 Å². The number of phenolic OH excluding ortho intramolecular Hbond substituents is 1. The molecule has 1 aromatic rings. The van der Waals surface area contributed by atoms with Gasteiger partial charge in [-0.2, -0.15) is 0 Å². The number of ketones is 1. The summed E-state index contributed by atoms with van der Waals surface area (Å²) in [4.78, 5) is 11.4. The van der Waals surface area contributed by atoms with Crippen molar-refractivity contribution in [1.29, 1.82) is 0 Å². The molecule has 1 aromatic carbocycles. The van der Waals surface area contributed by atoms with E-state index in [2.05, 4.69) is 11.9 Å². The van der Waals surface area contributed by atoms with Crippen molar-refractivity contribution in [3.05, 3.63) is 47.7 Å². The number of phenols is 1. The minimum atomic E-state index is 0.269. The monoisotopic (exact) mass is 243 g/mol. The lowest BCUT2D eigenvalue weighted by molar-refractivity contribution is -0.119. The Morgan fingerprint density at radius 2 is 2.28 bits per heavy atom. The number of nitrogens with one attached hydrogen (secondary N) is 1. The highest BCUT2D eigenvalue weighted by atomic mass is 16.3. The number of rotatable bonds is 3. The quantitative estimate of drug-likeness (QED) is 0.801. The predicted molar refractivity (Wildman–Crippen MR) is 72.2 cm³/mol. The topological polar surface area (TPSA) is 49.3 Å². The lowest BCUT2D eigenvalue weighted by atomic mass is 10.0. The molecule has 1 saturated heterocycles. The van der Waals surface area contributed by atoms with Gasteiger partial charge in [0.25, 0.3) is 0 Å². The van der Waals surface area contributed by atoms with E-state index in [0.29, 0.717) is 25.8 Å². The van der Waals surface area contributed by atoms with Gasteiger partial charge in [-0.3, -0.25) is 4.79 Å². The van der Waals surface area contributed by atoms with Crippen LogP contribution in [0.1, 0.15) is 24.0 Å². The third-order valence-corrected chi connectivity index (χ3v) is 2.95. The number of aromatic hydroxyl groups is 1. The Labute approximate surface area is 107 Å². The molecule has 2 N–H and O–H groups in total. The molecule has 0 radical (unpaired) electrons. The average Bonchev–Trinajstić information content (AvgIpc) is 2.34. The Bertz CT molecular complexity index is 503. The zero-order valence-electron chi connectivity index (χ0n) is 10.3. The molecule has 1 fully saturated rings. The molecular formula is C15H17NO2. The highest BCUT2D eigenvalue weighted by Crippen LogP contribution is 2.21. The van der Waals surface area contributed by atoms with E-state index in [1.165, 1.54) is 0 Å². The van der Waals surface area contributed by atoms with Crippen LogP contribution in [-0.2, 0) is 11.2 Å². The van der Waals surface area contributed by atoms with Crippen molar-refractivity contribution in [2.75, 3.05) is 6.54 Å². The van der Waals surface area contributed by atoms with Gasteiger partial charge in [0.2, 0.25) is 0 Å². The van der Waals surface area contributed by atoms with E-state index < -0.39 is 0 Å². The first-order valence-electron chi connectivity index (χ1n) is 6.08. The molecule has 0 unspecified atom stereocenters. The standard InChI is InChI=1S/C15H17NO2/c1-2-3-12-8-11(4-5-15(12)18)9-13-10-14(17)6-7-16-13/h2,4-5,8-9,16,18H,1,3,6-7,10H2. The molecule has 3 nitrogen and oxygen atoms in total. The van der Waals surface area contributed by atoms with Crippen LogP contribution in [0.5, 0.6) is 5.75 Å². The SMILES string of the molecule is C=CCc1cc(C=C2CC(=O)CCN2)ccc1O. The number of hydrogen-bond donors (Lipinski definition) is 2. The van der Waals surface area contributed by atoms with Crippen molar-refractivity contribution in [3.8, 4) is 5.75 Å². The number of allylic oxidation sites excluding steroid dienone is 2. The van der Waals surface area contributed by atoms with Crippen molar-refractivity contribution in [3.63, 3.8) is 0 Å². The van der Waals surface area contributed by atoms with Gasteiger partial charge in [-0.1, -0.05) is 12.1 Å². The molecule has 1 heterocycles. The van der Waals surface area contributed by atoms with Crippen LogP contribution in [0.2, 0.25) is 0 Å². The summed E-state index contributed by atoms with van der Waals surface area (Å²) in [7, 11) is 0. The molecular weight excluding hydrogens is 226 g/mol. The fraction of sp³-hybridized carbons (Fsp3) is 0.267. The van der Waals surface area contributed by atoms with Crippen molar-refractivity contribution < 1.29 is 9.90 Å². The molecule has 94 valence electrons. The Hall–Kier alpha value is -2.03. The third-order valence-electron chi connectivity index (χ3n) is 2.95. The number of carbonyl (C=O) groups is 1. The van der Waals surface area contributed by atoms with E-state index in [9.17, 15) is 9.90 Å². The summed E-state index contributed by atoms with van der Waals surface area (Å²) in [5, 5.41) is 12.9. The average molecular weight is 243 g/mol. The Kier molecular flexibility index (Phi) is 3.82. The second-order valence-electron chi connectivity index (χ2n) is 4.44. The van der Waals surface area contributed by atoms with Gasteiger partial charge >= 0.3 is 0 Å².